The Morgan fingerprint density at radius 3 is 2.32 bits per heavy atom. The molecule has 0 saturated carbocycles. The van der Waals surface area contributed by atoms with Gasteiger partial charge in [-0.15, -0.1) is 0 Å². The number of carbonyl (C=O) groups is 1. The molecule has 2 aromatic carbocycles. The van der Waals surface area contributed by atoms with Gasteiger partial charge in [0.15, 0.2) is 5.11 Å². The molecular weight excluding hydrogens is 379 g/mol. The summed E-state index contributed by atoms with van der Waals surface area (Å²) in [7, 11) is 0. The first-order valence-corrected chi connectivity index (χ1v) is 8.90. The van der Waals surface area contributed by atoms with Crippen LogP contribution < -0.4 is 15.4 Å². The first kappa shape index (κ1) is 19.5. The van der Waals surface area contributed by atoms with E-state index in [9.17, 15) is 4.79 Å². The number of amides is 1. The van der Waals surface area contributed by atoms with E-state index in [1.807, 2.05) is 13.8 Å². The van der Waals surface area contributed by atoms with Crippen LogP contribution in [0.15, 0.2) is 42.5 Å². The minimum Gasteiger partial charge on any atom is -0.491 e. The standard InChI is InChI=1S/C18H18Cl2N2O2S/c1-3-11(2)24-13-9-7-12(8-10-13)17(23)22-18(25)21-16-14(19)5-4-6-15(16)20/h4-11H,3H2,1-2H3,(H2,21,22,23,25). The Kier molecular flexibility index (Phi) is 7.05. The maximum Gasteiger partial charge on any atom is 0.257 e. The molecule has 0 aliphatic rings. The number of ether oxygens (including phenoxy) is 1. The van der Waals surface area contributed by atoms with Crippen LogP contribution in [0.2, 0.25) is 10.0 Å². The molecule has 132 valence electrons. The van der Waals surface area contributed by atoms with Crippen molar-refractivity contribution in [2.45, 2.75) is 26.4 Å². The zero-order valence-corrected chi connectivity index (χ0v) is 16.1. The van der Waals surface area contributed by atoms with Crippen molar-refractivity contribution in [3.8, 4) is 5.75 Å². The summed E-state index contributed by atoms with van der Waals surface area (Å²) in [6.07, 6.45) is 1.03. The van der Waals surface area contributed by atoms with Crippen molar-refractivity contribution >= 4 is 52.1 Å². The third kappa shape index (κ3) is 5.59. The number of hydrogen-bond acceptors (Lipinski definition) is 3. The molecule has 0 aliphatic carbocycles. The number of thiocarbonyl (C=S) groups is 1. The normalized spacial score (nSPS) is 11.5. The Morgan fingerprint density at radius 1 is 1.16 bits per heavy atom. The summed E-state index contributed by atoms with van der Waals surface area (Å²) in [5, 5.41) is 6.37. The first-order chi connectivity index (χ1) is 11.9. The quantitative estimate of drug-likeness (QED) is 0.673. The third-order valence-electron chi connectivity index (χ3n) is 3.46. The van der Waals surface area contributed by atoms with Crippen molar-refractivity contribution in [1.82, 2.24) is 5.32 Å². The smallest absolute Gasteiger partial charge is 0.257 e. The van der Waals surface area contributed by atoms with Crippen LogP contribution in [0.1, 0.15) is 30.6 Å². The second kappa shape index (κ2) is 9.04. The van der Waals surface area contributed by atoms with Crippen LogP contribution in [0.5, 0.6) is 5.75 Å². The lowest BCUT2D eigenvalue weighted by atomic mass is 10.2. The summed E-state index contributed by atoms with van der Waals surface area (Å²) in [6, 6.07) is 11.9. The van der Waals surface area contributed by atoms with E-state index >= 15 is 0 Å². The molecule has 2 rings (SSSR count). The van der Waals surface area contributed by atoms with Crippen molar-refractivity contribution in [3.05, 3.63) is 58.1 Å². The average Bonchev–Trinajstić information content (AvgIpc) is 2.58. The average molecular weight is 397 g/mol. The highest BCUT2D eigenvalue weighted by Crippen LogP contribution is 2.29. The number of para-hydroxylation sites is 1. The Hall–Kier alpha value is -1.82. The fraction of sp³-hybridized carbons (Fsp3) is 0.222. The van der Waals surface area contributed by atoms with Crippen LogP contribution in [0, 0.1) is 0 Å². The number of halogens is 2. The molecule has 1 atom stereocenters. The van der Waals surface area contributed by atoms with E-state index in [-0.39, 0.29) is 17.1 Å². The van der Waals surface area contributed by atoms with E-state index in [1.54, 1.807) is 42.5 Å². The summed E-state index contributed by atoms with van der Waals surface area (Å²) in [4.78, 5) is 12.3. The van der Waals surface area contributed by atoms with Gasteiger partial charge in [-0.3, -0.25) is 10.1 Å². The van der Waals surface area contributed by atoms with Crippen molar-refractivity contribution in [3.63, 3.8) is 0 Å². The van der Waals surface area contributed by atoms with Gasteiger partial charge in [-0.2, -0.15) is 0 Å². The topological polar surface area (TPSA) is 50.4 Å². The molecule has 1 unspecified atom stereocenters. The Balaban J connectivity index is 1.98. The molecule has 0 heterocycles. The molecule has 0 fully saturated rings. The van der Waals surface area contributed by atoms with Gasteiger partial charge in [-0.1, -0.05) is 36.2 Å². The van der Waals surface area contributed by atoms with Gasteiger partial charge in [0.2, 0.25) is 0 Å². The van der Waals surface area contributed by atoms with Gasteiger partial charge in [0.25, 0.3) is 5.91 Å². The maximum atomic E-state index is 12.3. The lowest BCUT2D eigenvalue weighted by Crippen LogP contribution is -2.34. The molecule has 0 spiro atoms. The van der Waals surface area contributed by atoms with E-state index in [1.165, 1.54) is 0 Å². The van der Waals surface area contributed by atoms with Crippen molar-refractivity contribution < 1.29 is 9.53 Å². The van der Waals surface area contributed by atoms with Gasteiger partial charge in [-0.05, 0) is 62.0 Å². The SMILES string of the molecule is CCC(C)Oc1ccc(C(=O)NC(=S)Nc2c(Cl)cccc2Cl)cc1. The van der Waals surface area contributed by atoms with Gasteiger partial charge in [0.1, 0.15) is 5.75 Å². The van der Waals surface area contributed by atoms with Crippen molar-refractivity contribution in [1.29, 1.82) is 0 Å². The van der Waals surface area contributed by atoms with Crippen LogP contribution in [0.4, 0.5) is 5.69 Å². The van der Waals surface area contributed by atoms with E-state index in [0.717, 1.165) is 12.2 Å². The summed E-state index contributed by atoms with van der Waals surface area (Å²) < 4.78 is 5.69. The Bertz CT molecular complexity index is 746. The predicted octanol–water partition coefficient (Wildman–Crippen LogP) is 5.30. The molecule has 2 N–H and O–H groups in total. The Labute approximate surface area is 162 Å². The molecule has 0 aliphatic heterocycles. The fourth-order valence-electron chi connectivity index (χ4n) is 1.94. The van der Waals surface area contributed by atoms with Crippen LogP contribution >= 0.6 is 35.4 Å². The Morgan fingerprint density at radius 2 is 1.76 bits per heavy atom. The summed E-state index contributed by atoms with van der Waals surface area (Å²) >= 11 is 17.3. The molecule has 0 bridgehead atoms. The number of hydrogen-bond donors (Lipinski definition) is 2. The second-order valence-electron chi connectivity index (χ2n) is 5.37. The monoisotopic (exact) mass is 396 g/mol. The second-order valence-corrected chi connectivity index (χ2v) is 6.59. The van der Waals surface area contributed by atoms with Gasteiger partial charge < -0.3 is 10.1 Å². The molecule has 1 amide bonds. The van der Waals surface area contributed by atoms with Crippen LogP contribution in [0.3, 0.4) is 0 Å². The molecular formula is C18H18Cl2N2O2S. The van der Waals surface area contributed by atoms with Gasteiger partial charge in [-0.25, -0.2) is 0 Å². The van der Waals surface area contributed by atoms with Gasteiger partial charge in [0, 0.05) is 5.56 Å². The van der Waals surface area contributed by atoms with E-state index < -0.39 is 0 Å². The van der Waals surface area contributed by atoms with Gasteiger partial charge in [0.05, 0.1) is 21.8 Å². The van der Waals surface area contributed by atoms with E-state index in [4.69, 9.17) is 40.2 Å². The zero-order valence-electron chi connectivity index (χ0n) is 13.8. The number of carbonyl (C=O) groups excluding carboxylic acids is 1. The molecule has 25 heavy (non-hydrogen) atoms. The van der Waals surface area contributed by atoms with Crippen molar-refractivity contribution in [2.75, 3.05) is 5.32 Å². The molecule has 0 saturated heterocycles. The summed E-state index contributed by atoms with van der Waals surface area (Å²) in [5.41, 5.74) is 0.916. The van der Waals surface area contributed by atoms with Crippen molar-refractivity contribution in [2.24, 2.45) is 0 Å². The minimum atomic E-state index is -0.337. The molecule has 2 aromatic rings. The third-order valence-corrected chi connectivity index (χ3v) is 4.29. The number of benzene rings is 2. The number of rotatable bonds is 5. The van der Waals surface area contributed by atoms with E-state index in [2.05, 4.69) is 10.6 Å². The number of nitrogens with one attached hydrogen (secondary N) is 2. The summed E-state index contributed by atoms with van der Waals surface area (Å²) in [5.74, 6) is 0.380. The summed E-state index contributed by atoms with van der Waals surface area (Å²) in [6.45, 7) is 4.04. The lowest BCUT2D eigenvalue weighted by molar-refractivity contribution is 0.0977. The molecule has 4 nitrogen and oxygen atoms in total. The highest BCUT2D eigenvalue weighted by molar-refractivity contribution is 7.80. The van der Waals surface area contributed by atoms with Crippen LogP contribution in [-0.2, 0) is 0 Å². The van der Waals surface area contributed by atoms with Gasteiger partial charge >= 0.3 is 0 Å². The molecule has 0 aromatic heterocycles. The zero-order chi connectivity index (χ0) is 18.4. The number of anilines is 1. The predicted molar refractivity (Wildman–Crippen MR) is 107 cm³/mol. The highest BCUT2D eigenvalue weighted by atomic mass is 35.5. The van der Waals surface area contributed by atoms with Crippen LogP contribution in [-0.4, -0.2) is 17.1 Å². The largest absolute Gasteiger partial charge is 0.491 e. The molecule has 7 heteroatoms. The maximum absolute atomic E-state index is 12.3. The van der Waals surface area contributed by atoms with E-state index in [0.29, 0.717) is 21.3 Å². The lowest BCUT2D eigenvalue weighted by Gasteiger charge is -2.14. The molecule has 0 radical (unpaired) electrons. The minimum absolute atomic E-state index is 0.111. The fourth-order valence-corrected chi connectivity index (χ4v) is 2.62. The highest BCUT2D eigenvalue weighted by Gasteiger charge is 2.11. The van der Waals surface area contributed by atoms with Crippen LogP contribution in [0.25, 0.3) is 0 Å². The first-order valence-electron chi connectivity index (χ1n) is 7.73.